The summed E-state index contributed by atoms with van der Waals surface area (Å²) in [5.74, 6) is 0.878. The zero-order valence-corrected chi connectivity index (χ0v) is 14.8. The van der Waals surface area contributed by atoms with Crippen molar-refractivity contribution in [3.63, 3.8) is 0 Å². The summed E-state index contributed by atoms with van der Waals surface area (Å²) >= 11 is 0. The molecule has 0 aliphatic heterocycles. The molecule has 6 heteroatoms. The second kappa shape index (κ2) is 9.12. The molecule has 1 N–H and O–H groups in total. The van der Waals surface area contributed by atoms with E-state index < -0.39 is 10.0 Å². The van der Waals surface area contributed by atoms with Gasteiger partial charge in [-0.25, -0.2) is 12.7 Å². The molecule has 0 saturated heterocycles. The molecule has 0 amide bonds. The molecule has 1 rings (SSSR count). The van der Waals surface area contributed by atoms with Crippen LogP contribution in [-0.2, 0) is 16.6 Å². The predicted octanol–water partition coefficient (Wildman–Crippen LogP) is 2.24. The second-order valence-corrected chi connectivity index (χ2v) is 7.58. The Morgan fingerprint density at radius 2 is 2.05 bits per heavy atom. The van der Waals surface area contributed by atoms with Crippen LogP contribution in [0.5, 0.6) is 5.75 Å². The third-order valence-corrected chi connectivity index (χ3v) is 4.56. The number of rotatable bonds is 10. The Morgan fingerprint density at radius 3 is 2.64 bits per heavy atom. The summed E-state index contributed by atoms with van der Waals surface area (Å²) in [7, 11) is -3.08. The molecule has 0 heterocycles. The van der Waals surface area contributed by atoms with E-state index in [0.717, 1.165) is 30.8 Å². The number of nitrogens with one attached hydrogen (secondary N) is 1. The number of hydrogen-bond donors (Lipinski definition) is 1. The van der Waals surface area contributed by atoms with Gasteiger partial charge in [0.15, 0.2) is 0 Å². The van der Waals surface area contributed by atoms with Crippen LogP contribution in [0.1, 0.15) is 32.8 Å². The first kappa shape index (κ1) is 18.9. The Hall–Kier alpha value is -1.11. The zero-order valence-electron chi connectivity index (χ0n) is 14.0. The van der Waals surface area contributed by atoms with Crippen LogP contribution in [0.3, 0.4) is 0 Å². The molecule has 0 aliphatic rings. The van der Waals surface area contributed by atoms with Crippen LogP contribution in [0, 0.1) is 0 Å². The summed E-state index contributed by atoms with van der Waals surface area (Å²) in [5.41, 5.74) is 1.16. The highest BCUT2D eigenvalue weighted by Crippen LogP contribution is 2.14. The van der Waals surface area contributed by atoms with Crippen LogP contribution in [-0.4, -0.2) is 44.7 Å². The molecular weight excluding hydrogens is 300 g/mol. The quantitative estimate of drug-likeness (QED) is 0.669. The minimum atomic E-state index is -3.08. The van der Waals surface area contributed by atoms with Gasteiger partial charge in [0.05, 0.1) is 12.4 Å². The molecule has 0 spiro atoms. The summed E-state index contributed by atoms with van der Waals surface area (Å²) in [6.07, 6.45) is 2.21. The minimum Gasteiger partial charge on any atom is -0.491 e. The van der Waals surface area contributed by atoms with E-state index in [1.165, 1.54) is 10.6 Å². The highest BCUT2D eigenvalue weighted by molar-refractivity contribution is 7.88. The maximum atomic E-state index is 11.5. The maximum Gasteiger partial charge on any atom is 0.211 e. The normalized spacial score (nSPS) is 12.1. The highest BCUT2D eigenvalue weighted by Gasteiger charge is 2.12. The van der Waals surface area contributed by atoms with Crippen molar-refractivity contribution < 1.29 is 13.2 Å². The summed E-state index contributed by atoms with van der Waals surface area (Å²) in [4.78, 5) is 0. The summed E-state index contributed by atoms with van der Waals surface area (Å²) in [6.45, 7) is 8.47. The molecule has 1 aromatic rings. The fourth-order valence-corrected chi connectivity index (χ4v) is 3.10. The average Bonchev–Trinajstić information content (AvgIpc) is 2.41. The largest absolute Gasteiger partial charge is 0.491 e. The fraction of sp³-hybridized carbons (Fsp3) is 0.625. The van der Waals surface area contributed by atoms with Crippen molar-refractivity contribution in [1.29, 1.82) is 0 Å². The third-order valence-electron chi connectivity index (χ3n) is 3.18. The number of hydrogen-bond acceptors (Lipinski definition) is 4. The zero-order chi connectivity index (χ0) is 16.6. The van der Waals surface area contributed by atoms with Crippen molar-refractivity contribution >= 4 is 10.0 Å². The van der Waals surface area contributed by atoms with Gasteiger partial charge in [-0.3, -0.25) is 0 Å². The molecule has 0 atom stereocenters. The number of nitrogens with zero attached hydrogens (tertiary/aromatic N) is 1. The Morgan fingerprint density at radius 1 is 1.32 bits per heavy atom. The lowest BCUT2D eigenvalue weighted by Gasteiger charge is -2.17. The lowest BCUT2D eigenvalue weighted by molar-refractivity contribution is 0.242. The van der Waals surface area contributed by atoms with Crippen LogP contribution in [0.2, 0.25) is 0 Å². The van der Waals surface area contributed by atoms with E-state index in [0.29, 0.717) is 13.1 Å². The van der Waals surface area contributed by atoms with Gasteiger partial charge in [0.1, 0.15) is 5.75 Å². The van der Waals surface area contributed by atoms with Crippen molar-refractivity contribution in [3.8, 4) is 5.75 Å². The van der Waals surface area contributed by atoms with Gasteiger partial charge >= 0.3 is 0 Å². The predicted molar refractivity (Wildman–Crippen MR) is 90.6 cm³/mol. The topological polar surface area (TPSA) is 58.6 Å². The maximum absolute atomic E-state index is 11.5. The summed E-state index contributed by atoms with van der Waals surface area (Å²) < 4.78 is 30.1. The van der Waals surface area contributed by atoms with Gasteiger partial charge in [-0.15, -0.1) is 0 Å². The Balaban J connectivity index is 2.33. The van der Waals surface area contributed by atoms with Crippen molar-refractivity contribution in [1.82, 2.24) is 9.62 Å². The first-order valence-corrected chi connectivity index (χ1v) is 9.59. The van der Waals surface area contributed by atoms with Crippen LogP contribution in [0.25, 0.3) is 0 Å². The van der Waals surface area contributed by atoms with E-state index in [-0.39, 0.29) is 6.10 Å². The van der Waals surface area contributed by atoms with Gasteiger partial charge in [0, 0.05) is 19.6 Å². The lowest BCUT2D eigenvalue weighted by atomic mass is 10.2. The molecular formula is C16H28N2O3S. The third kappa shape index (κ3) is 7.24. The monoisotopic (exact) mass is 328 g/mol. The van der Waals surface area contributed by atoms with Crippen molar-refractivity contribution in [2.24, 2.45) is 0 Å². The van der Waals surface area contributed by atoms with Gasteiger partial charge < -0.3 is 10.1 Å². The summed E-state index contributed by atoms with van der Waals surface area (Å²) in [5, 5.41) is 3.34. The van der Waals surface area contributed by atoms with Gasteiger partial charge in [0.25, 0.3) is 0 Å². The fourth-order valence-electron chi connectivity index (χ4n) is 2.17. The first-order chi connectivity index (χ1) is 10.3. The standard InChI is InChI=1S/C16H28N2O3S/c1-5-18(22(4,19)20)11-7-10-17-13-15-8-6-9-16(12-15)21-14(2)3/h6,8-9,12,14,17H,5,7,10-11,13H2,1-4H3. The molecule has 0 fully saturated rings. The van der Waals surface area contributed by atoms with E-state index in [2.05, 4.69) is 11.4 Å². The van der Waals surface area contributed by atoms with Crippen molar-refractivity contribution in [2.45, 2.75) is 39.8 Å². The molecule has 0 unspecified atom stereocenters. The van der Waals surface area contributed by atoms with E-state index in [1.807, 2.05) is 39.0 Å². The molecule has 1 aromatic carbocycles. The highest BCUT2D eigenvalue weighted by atomic mass is 32.2. The Bertz CT molecular complexity index is 544. The molecule has 0 aliphatic carbocycles. The van der Waals surface area contributed by atoms with Gasteiger partial charge in [0.2, 0.25) is 10.0 Å². The SMILES string of the molecule is CCN(CCCNCc1cccc(OC(C)C)c1)S(C)(=O)=O. The van der Waals surface area contributed by atoms with Crippen molar-refractivity contribution in [3.05, 3.63) is 29.8 Å². The van der Waals surface area contributed by atoms with E-state index in [9.17, 15) is 8.42 Å². The Labute approximate surface area is 134 Å². The van der Waals surface area contributed by atoms with Gasteiger partial charge in [-0.2, -0.15) is 0 Å². The van der Waals surface area contributed by atoms with Gasteiger partial charge in [-0.05, 0) is 44.5 Å². The molecule has 5 nitrogen and oxygen atoms in total. The Kier molecular flexibility index (Phi) is 7.85. The number of sulfonamides is 1. The smallest absolute Gasteiger partial charge is 0.211 e. The first-order valence-electron chi connectivity index (χ1n) is 7.74. The number of benzene rings is 1. The summed E-state index contributed by atoms with van der Waals surface area (Å²) in [6, 6.07) is 8.02. The van der Waals surface area contributed by atoms with E-state index in [4.69, 9.17) is 4.74 Å². The van der Waals surface area contributed by atoms with Crippen molar-refractivity contribution in [2.75, 3.05) is 25.9 Å². The molecule has 0 saturated carbocycles. The van der Waals surface area contributed by atoms with Gasteiger partial charge in [-0.1, -0.05) is 19.1 Å². The minimum absolute atomic E-state index is 0.166. The molecule has 126 valence electrons. The number of ether oxygens (including phenoxy) is 1. The van der Waals surface area contributed by atoms with Crippen LogP contribution >= 0.6 is 0 Å². The van der Waals surface area contributed by atoms with Crippen LogP contribution in [0.15, 0.2) is 24.3 Å². The molecule has 22 heavy (non-hydrogen) atoms. The van der Waals surface area contributed by atoms with E-state index >= 15 is 0 Å². The second-order valence-electron chi connectivity index (χ2n) is 5.60. The van der Waals surface area contributed by atoms with E-state index in [1.54, 1.807) is 0 Å². The lowest BCUT2D eigenvalue weighted by Crippen LogP contribution is -2.32. The molecule has 0 aromatic heterocycles. The molecule has 0 bridgehead atoms. The van der Waals surface area contributed by atoms with Crippen LogP contribution in [0.4, 0.5) is 0 Å². The average molecular weight is 328 g/mol. The van der Waals surface area contributed by atoms with Crippen LogP contribution < -0.4 is 10.1 Å². The molecule has 0 radical (unpaired) electrons.